The molecule has 0 atom stereocenters. The molecule has 0 amide bonds. The quantitative estimate of drug-likeness (QED) is 0.106. The molecule has 0 unspecified atom stereocenters. The molecule has 0 spiro atoms. The Morgan fingerprint density at radius 1 is 0.205 bits per heavy atom. The maximum atomic E-state index is 5.71. The Morgan fingerprint density at radius 3 is 0.462 bits per heavy atom. The Labute approximate surface area is 240 Å². The summed E-state index contributed by atoms with van der Waals surface area (Å²) in [5.41, 5.74) is 10.9. The predicted molar refractivity (Wildman–Crippen MR) is 158 cm³/mol. The molecule has 9 heteroatoms. The summed E-state index contributed by atoms with van der Waals surface area (Å²) >= 11 is 0. The molecule has 0 aromatic rings. The number of unbranched alkanes of at least 4 members (excludes halogenated alkanes) is 6. The SMILES string of the molecule is NCCCOCCCCOCCCCOCCCCOCCCCOCCCCOCCCCOCCCN. The predicted octanol–water partition coefficient (Wildman–Crippen LogP) is 4.48. The van der Waals surface area contributed by atoms with Crippen LogP contribution in [-0.4, -0.2) is 106 Å². The minimum Gasteiger partial charge on any atom is -0.381 e. The molecule has 0 rings (SSSR count). The summed E-state index contributed by atoms with van der Waals surface area (Å²) in [5.74, 6) is 0. The molecule has 0 aromatic carbocycles. The molecule has 4 N–H and O–H groups in total. The van der Waals surface area contributed by atoms with Crippen LogP contribution in [0.25, 0.3) is 0 Å². The summed E-state index contributed by atoms with van der Waals surface area (Å²) in [6.45, 7) is 12.7. The number of nitrogens with two attached hydrogens (primary N) is 2. The van der Waals surface area contributed by atoms with Gasteiger partial charge < -0.3 is 44.6 Å². The minimum atomic E-state index is 0.700. The molecule has 0 aromatic heterocycles. The van der Waals surface area contributed by atoms with Crippen LogP contribution in [-0.2, 0) is 33.2 Å². The van der Waals surface area contributed by atoms with Crippen molar-refractivity contribution in [3.8, 4) is 0 Å². The van der Waals surface area contributed by atoms with Gasteiger partial charge in [0, 0.05) is 92.5 Å². The van der Waals surface area contributed by atoms with Gasteiger partial charge in [0.05, 0.1) is 0 Å². The van der Waals surface area contributed by atoms with Gasteiger partial charge in [0.25, 0.3) is 0 Å². The van der Waals surface area contributed by atoms with Gasteiger partial charge in [-0.3, -0.25) is 0 Å². The Hall–Kier alpha value is -0.360. The fourth-order valence-corrected chi connectivity index (χ4v) is 3.53. The Bertz CT molecular complexity index is 387. The first-order valence-corrected chi connectivity index (χ1v) is 15.9. The Balaban J connectivity index is 3.01. The largest absolute Gasteiger partial charge is 0.381 e. The molecule has 0 fully saturated rings. The average molecular weight is 565 g/mol. The molecule has 236 valence electrons. The van der Waals surface area contributed by atoms with E-state index in [0.29, 0.717) is 13.1 Å². The second-order valence-corrected chi connectivity index (χ2v) is 9.81. The molecular weight excluding hydrogens is 500 g/mol. The molecule has 0 saturated heterocycles. The van der Waals surface area contributed by atoms with Gasteiger partial charge in [-0.15, -0.1) is 0 Å². The van der Waals surface area contributed by atoms with Crippen LogP contribution in [0.3, 0.4) is 0 Å². The summed E-state index contributed by atoms with van der Waals surface area (Å²) in [5, 5.41) is 0. The summed E-state index contributed by atoms with van der Waals surface area (Å²) < 4.78 is 39.4. The number of rotatable bonds is 36. The number of hydrogen-bond donors (Lipinski definition) is 2. The summed E-state index contributed by atoms with van der Waals surface area (Å²) in [6.07, 6.45) is 14.6. The highest BCUT2D eigenvalue weighted by Crippen LogP contribution is 2.00. The Morgan fingerprint density at radius 2 is 0.333 bits per heavy atom. The first kappa shape index (κ1) is 38.6. The lowest BCUT2D eigenvalue weighted by molar-refractivity contribution is 0.0788. The van der Waals surface area contributed by atoms with E-state index in [1.807, 2.05) is 0 Å². The number of ether oxygens (including phenoxy) is 7. The van der Waals surface area contributed by atoms with Crippen molar-refractivity contribution in [2.45, 2.75) is 89.9 Å². The van der Waals surface area contributed by atoms with Crippen molar-refractivity contribution in [3.63, 3.8) is 0 Å². The lowest BCUT2D eigenvalue weighted by Gasteiger charge is -2.07. The lowest BCUT2D eigenvalue weighted by Crippen LogP contribution is -2.06. The normalized spacial score (nSPS) is 11.5. The highest BCUT2D eigenvalue weighted by atomic mass is 16.5. The van der Waals surface area contributed by atoms with Crippen molar-refractivity contribution in [2.24, 2.45) is 11.5 Å². The van der Waals surface area contributed by atoms with Gasteiger partial charge in [0.15, 0.2) is 0 Å². The molecule has 0 bridgehead atoms. The van der Waals surface area contributed by atoms with E-state index in [9.17, 15) is 0 Å². The average Bonchev–Trinajstić information content (AvgIpc) is 2.95. The van der Waals surface area contributed by atoms with Crippen molar-refractivity contribution in [1.29, 1.82) is 0 Å². The van der Waals surface area contributed by atoms with Gasteiger partial charge in [-0.1, -0.05) is 0 Å². The van der Waals surface area contributed by atoms with E-state index in [-0.39, 0.29) is 0 Å². The fraction of sp³-hybridized carbons (Fsp3) is 1.00. The zero-order valence-electron chi connectivity index (χ0n) is 25.2. The van der Waals surface area contributed by atoms with Gasteiger partial charge in [0.1, 0.15) is 0 Å². The van der Waals surface area contributed by atoms with Crippen LogP contribution >= 0.6 is 0 Å². The van der Waals surface area contributed by atoms with Gasteiger partial charge in [-0.05, 0) is 103 Å². The van der Waals surface area contributed by atoms with E-state index in [4.69, 9.17) is 44.6 Å². The van der Waals surface area contributed by atoms with Gasteiger partial charge in [-0.25, -0.2) is 0 Å². The minimum absolute atomic E-state index is 0.700. The fourth-order valence-electron chi connectivity index (χ4n) is 3.53. The summed E-state index contributed by atoms with van der Waals surface area (Å²) in [6, 6.07) is 0. The highest BCUT2D eigenvalue weighted by molar-refractivity contribution is 4.46. The van der Waals surface area contributed by atoms with Gasteiger partial charge in [0.2, 0.25) is 0 Å². The van der Waals surface area contributed by atoms with E-state index in [2.05, 4.69) is 0 Å². The van der Waals surface area contributed by atoms with E-state index in [1.54, 1.807) is 0 Å². The standard InChI is InChI=1S/C30H64N2O7/c31-15-13-29-38-27-11-9-25-36-23-7-5-21-34-19-3-1-17-33-18-2-4-20-35-22-6-8-24-37-26-10-12-28-39-30-14-16-32/h1-32H2. The van der Waals surface area contributed by atoms with E-state index in [1.165, 1.54) is 0 Å². The van der Waals surface area contributed by atoms with Crippen LogP contribution in [0.15, 0.2) is 0 Å². The zero-order valence-corrected chi connectivity index (χ0v) is 25.2. The van der Waals surface area contributed by atoms with Crippen LogP contribution in [0.5, 0.6) is 0 Å². The van der Waals surface area contributed by atoms with Gasteiger partial charge in [-0.2, -0.15) is 0 Å². The monoisotopic (exact) mass is 564 g/mol. The maximum absolute atomic E-state index is 5.71. The van der Waals surface area contributed by atoms with E-state index in [0.717, 1.165) is 182 Å². The van der Waals surface area contributed by atoms with Crippen LogP contribution in [0, 0.1) is 0 Å². The van der Waals surface area contributed by atoms with Gasteiger partial charge >= 0.3 is 0 Å². The number of hydrogen-bond acceptors (Lipinski definition) is 9. The van der Waals surface area contributed by atoms with Crippen molar-refractivity contribution in [2.75, 3.05) is 106 Å². The molecule has 0 aliphatic carbocycles. The van der Waals surface area contributed by atoms with Crippen molar-refractivity contribution in [1.82, 2.24) is 0 Å². The van der Waals surface area contributed by atoms with E-state index >= 15 is 0 Å². The third kappa shape index (κ3) is 37.6. The molecule has 0 aliphatic rings. The smallest absolute Gasteiger partial charge is 0.0478 e. The third-order valence-electron chi connectivity index (χ3n) is 5.95. The van der Waals surface area contributed by atoms with Crippen LogP contribution < -0.4 is 11.5 Å². The molecule has 39 heavy (non-hydrogen) atoms. The topological polar surface area (TPSA) is 117 Å². The lowest BCUT2D eigenvalue weighted by atomic mass is 10.3. The Kier molecular flexibility index (Phi) is 37.3. The molecule has 9 nitrogen and oxygen atoms in total. The summed E-state index contributed by atoms with van der Waals surface area (Å²) in [4.78, 5) is 0. The molecule has 0 aliphatic heterocycles. The second kappa shape index (κ2) is 37.6. The molecule has 0 radical (unpaired) electrons. The maximum Gasteiger partial charge on any atom is 0.0478 e. The summed E-state index contributed by atoms with van der Waals surface area (Å²) in [7, 11) is 0. The molecule has 0 saturated carbocycles. The van der Waals surface area contributed by atoms with Crippen molar-refractivity contribution in [3.05, 3.63) is 0 Å². The highest BCUT2D eigenvalue weighted by Gasteiger charge is 1.97. The van der Waals surface area contributed by atoms with Crippen LogP contribution in [0.2, 0.25) is 0 Å². The zero-order chi connectivity index (χ0) is 28.2. The van der Waals surface area contributed by atoms with Crippen molar-refractivity contribution >= 4 is 0 Å². The molecule has 0 heterocycles. The van der Waals surface area contributed by atoms with Crippen LogP contribution in [0.4, 0.5) is 0 Å². The first-order chi connectivity index (χ1) is 19.4. The second-order valence-electron chi connectivity index (χ2n) is 9.81. The van der Waals surface area contributed by atoms with E-state index < -0.39 is 0 Å². The molecular formula is C30H64N2O7. The van der Waals surface area contributed by atoms with Crippen LogP contribution in [0.1, 0.15) is 89.9 Å². The van der Waals surface area contributed by atoms with Crippen molar-refractivity contribution < 1.29 is 33.2 Å². The first-order valence-electron chi connectivity index (χ1n) is 15.9. The third-order valence-corrected chi connectivity index (χ3v) is 5.95.